The number of hydrogen-bond donors (Lipinski definition) is 1. The predicted molar refractivity (Wildman–Crippen MR) is 102 cm³/mol. The highest BCUT2D eigenvalue weighted by Gasteiger charge is 2.34. The third-order valence-electron chi connectivity index (χ3n) is 5.80. The van der Waals surface area contributed by atoms with E-state index in [1.54, 1.807) is 0 Å². The lowest BCUT2D eigenvalue weighted by Crippen LogP contribution is -2.31. The van der Waals surface area contributed by atoms with Crippen LogP contribution in [0.15, 0.2) is 30.5 Å². The number of aromatic nitrogens is 2. The van der Waals surface area contributed by atoms with Gasteiger partial charge in [0.1, 0.15) is 0 Å². The van der Waals surface area contributed by atoms with E-state index in [0.717, 1.165) is 41.8 Å². The summed E-state index contributed by atoms with van der Waals surface area (Å²) in [6, 6.07) is 8.77. The first kappa shape index (κ1) is 17.3. The average Bonchev–Trinajstić information content (AvgIpc) is 3.33. The summed E-state index contributed by atoms with van der Waals surface area (Å²) in [6.07, 6.45) is 5.74. The molecule has 1 unspecified atom stereocenters. The molecule has 4 rings (SSSR count). The van der Waals surface area contributed by atoms with Gasteiger partial charge in [0.15, 0.2) is 0 Å². The van der Waals surface area contributed by atoms with Crippen LogP contribution < -0.4 is 5.32 Å². The Kier molecular flexibility index (Phi) is 4.81. The number of carbonyl (C=O) groups is 1. The second-order valence-corrected chi connectivity index (χ2v) is 7.78. The third-order valence-corrected chi connectivity index (χ3v) is 5.80. The standard InChI is InChI=1S/C21H28N4O/c1-15-11-20(16(2)25(15)14-18-5-3-4-9-22-18)21(26)23-12-17-8-10-24(13-17)19-6-7-19/h3-5,9,11,17,19H,6-8,10,12-14H2,1-2H3,(H,23,26). The van der Waals surface area contributed by atoms with E-state index in [1.165, 1.54) is 25.8 Å². The van der Waals surface area contributed by atoms with Crippen LogP contribution in [0.3, 0.4) is 0 Å². The lowest BCUT2D eigenvalue weighted by Gasteiger charge is -2.15. The second kappa shape index (κ2) is 7.23. The van der Waals surface area contributed by atoms with Gasteiger partial charge in [0.25, 0.3) is 5.91 Å². The van der Waals surface area contributed by atoms with Crippen molar-refractivity contribution in [2.75, 3.05) is 19.6 Å². The molecule has 1 N–H and O–H groups in total. The summed E-state index contributed by atoms with van der Waals surface area (Å²) < 4.78 is 2.17. The molecule has 5 nitrogen and oxygen atoms in total. The smallest absolute Gasteiger partial charge is 0.253 e. The molecule has 2 fully saturated rings. The molecule has 2 aliphatic rings. The monoisotopic (exact) mass is 352 g/mol. The molecular formula is C21H28N4O. The quantitative estimate of drug-likeness (QED) is 0.870. The zero-order valence-corrected chi connectivity index (χ0v) is 15.7. The van der Waals surface area contributed by atoms with Gasteiger partial charge in [0.05, 0.1) is 17.8 Å². The van der Waals surface area contributed by atoms with Crippen LogP contribution in [0.4, 0.5) is 0 Å². The molecule has 5 heteroatoms. The minimum Gasteiger partial charge on any atom is -0.352 e. The highest BCUT2D eigenvalue weighted by atomic mass is 16.1. The Balaban J connectivity index is 1.37. The fourth-order valence-corrected chi connectivity index (χ4v) is 4.06. The summed E-state index contributed by atoms with van der Waals surface area (Å²) in [5.41, 5.74) is 3.90. The molecule has 2 aromatic heterocycles. The molecule has 0 spiro atoms. The Hall–Kier alpha value is -2.14. The summed E-state index contributed by atoms with van der Waals surface area (Å²) in [4.78, 5) is 19.7. The molecular weight excluding hydrogens is 324 g/mol. The summed E-state index contributed by atoms with van der Waals surface area (Å²) in [7, 11) is 0. The topological polar surface area (TPSA) is 50.2 Å². The Morgan fingerprint density at radius 3 is 2.85 bits per heavy atom. The van der Waals surface area contributed by atoms with E-state index in [2.05, 4.69) is 26.7 Å². The van der Waals surface area contributed by atoms with Crippen molar-refractivity contribution in [3.8, 4) is 0 Å². The van der Waals surface area contributed by atoms with E-state index in [1.807, 2.05) is 37.4 Å². The van der Waals surface area contributed by atoms with Crippen LogP contribution in [0.1, 0.15) is 46.7 Å². The molecule has 0 radical (unpaired) electrons. The SMILES string of the molecule is Cc1cc(C(=O)NCC2CCN(C3CC3)C2)c(C)n1Cc1ccccn1. The molecule has 1 saturated carbocycles. The van der Waals surface area contributed by atoms with Crippen molar-refractivity contribution < 1.29 is 4.79 Å². The third kappa shape index (κ3) is 3.68. The fraction of sp³-hybridized carbons (Fsp3) is 0.524. The Morgan fingerprint density at radius 1 is 1.27 bits per heavy atom. The van der Waals surface area contributed by atoms with Crippen molar-refractivity contribution in [3.63, 3.8) is 0 Å². The molecule has 3 heterocycles. The first-order valence-electron chi connectivity index (χ1n) is 9.70. The first-order chi connectivity index (χ1) is 12.6. The van der Waals surface area contributed by atoms with Gasteiger partial charge in [0.2, 0.25) is 0 Å². The van der Waals surface area contributed by atoms with Crippen molar-refractivity contribution in [1.29, 1.82) is 0 Å². The van der Waals surface area contributed by atoms with Gasteiger partial charge in [-0.1, -0.05) is 6.07 Å². The van der Waals surface area contributed by atoms with Crippen LogP contribution in [-0.2, 0) is 6.54 Å². The lowest BCUT2D eigenvalue weighted by molar-refractivity contribution is 0.0946. The van der Waals surface area contributed by atoms with Gasteiger partial charge in [-0.2, -0.15) is 0 Å². The molecule has 1 saturated heterocycles. The minimum absolute atomic E-state index is 0.0512. The zero-order chi connectivity index (χ0) is 18.1. The van der Waals surface area contributed by atoms with Crippen LogP contribution in [0, 0.1) is 19.8 Å². The lowest BCUT2D eigenvalue weighted by atomic mass is 10.1. The number of rotatable bonds is 6. The second-order valence-electron chi connectivity index (χ2n) is 7.78. The number of aryl methyl sites for hydroxylation is 1. The van der Waals surface area contributed by atoms with Crippen LogP contribution in [-0.4, -0.2) is 46.0 Å². The van der Waals surface area contributed by atoms with Crippen molar-refractivity contribution in [2.24, 2.45) is 5.92 Å². The number of carbonyl (C=O) groups excluding carboxylic acids is 1. The number of hydrogen-bond acceptors (Lipinski definition) is 3. The summed E-state index contributed by atoms with van der Waals surface area (Å²) in [5.74, 6) is 0.645. The first-order valence-corrected chi connectivity index (χ1v) is 9.70. The molecule has 1 atom stereocenters. The molecule has 1 amide bonds. The maximum Gasteiger partial charge on any atom is 0.253 e. The number of likely N-dealkylation sites (tertiary alicyclic amines) is 1. The van der Waals surface area contributed by atoms with E-state index < -0.39 is 0 Å². The van der Waals surface area contributed by atoms with Gasteiger partial charge in [-0.15, -0.1) is 0 Å². The molecule has 26 heavy (non-hydrogen) atoms. The van der Waals surface area contributed by atoms with Crippen molar-refractivity contribution >= 4 is 5.91 Å². The van der Waals surface area contributed by atoms with Gasteiger partial charge >= 0.3 is 0 Å². The minimum atomic E-state index is 0.0512. The number of pyridine rings is 1. The molecule has 0 bridgehead atoms. The van der Waals surface area contributed by atoms with E-state index in [9.17, 15) is 4.79 Å². The molecule has 1 aliphatic heterocycles. The summed E-state index contributed by atoms with van der Waals surface area (Å²) >= 11 is 0. The molecule has 2 aromatic rings. The average molecular weight is 352 g/mol. The van der Waals surface area contributed by atoms with Crippen LogP contribution in [0.25, 0.3) is 0 Å². The Labute approximate surface area is 155 Å². The number of nitrogens with zero attached hydrogens (tertiary/aromatic N) is 3. The van der Waals surface area contributed by atoms with Gasteiger partial charge < -0.3 is 14.8 Å². The summed E-state index contributed by atoms with van der Waals surface area (Å²) in [6.45, 7) is 7.90. The number of nitrogens with one attached hydrogen (secondary N) is 1. The largest absolute Gasteiger partial charge is 0.352 e. The number of amides is 1. The highest BCUT2D eigenvalue weighted by Crippen LogP contribution is 2.31. The Morgan fingerprint density at radius 2 is 2.12 bits per heavy atom. The van der Waals surface area contributed by atoms with E-state index in [0.29, 0.717) is 12.5 Å². The van der Waals surface area contributed by atoms with Crippen LogP contribution in [0.2, 0.25) is 0 Å². The molecule has 1 aliphatic carbocycles. The van der Waals surface area contributed by atoms with Crippen molar-refractivity contribution in [2.45, 2.75) is 45.7 Å². The van der Waals surface area contributed by atoms with Gasteiger partial charge in [-0.25, -0.2) is 0 Å². The predicted octanol–water partition coefficient (Wildman–Crippen LogP) is 2.76. The highest BCUT2D eigenvalue weighted by molar-refractivity contribution is 5.95. The van der Waals surface area contributed by atoms with E-state index >= 15 is 0 Å². The van der Waals surface area contributed by atoms with Crippen LogP contribution in [0.5, 0.6) is 0 Å². The van der Waals surface area contributed by atoms with Gasteiger partial charge in [-0.3, -0.25) is 9.78 Å². The maximum atomic E-state index is 12.7. The van der Waals surface area contributed by atoms with Gasteiger partial charge in [-0.05, 0) is 63.8 Å². The Bertz CT molecular complexity index is 779. The van der Waals surface area contributed by atoms with Crippen LogP contribution >= 0.6 is 0 Å². The van der Waals surface area contributed by atoms with Crippen molar-refractivity contribution in [3.05, 3.63) is 53.1 Å². The normalized spacial score (nSPS) is 20.5. The summed E-state index contributed by atoms with van der Waals surface area (Å²) in [5, 5.41) is 3.17. The molecule has 138 valence electrons. The zero-order valence-electron chi connectivity index (χ0n) is 15.7. The fourth-order valence-electron chi connectivity index (χ4n) is 4.06. The van der Waals surface area contributed by atoms with E-state index in [-0.39, 0.29) is 5.91 Å². The van der Waals surface area contributed by atoms with E-state index in [4.69, 9.17) is 0 Å². The van der Waals surface area contributed by atoms with Gasteiger partial charge in [0, 0.05) is 36.7 Å². The van der Waals surface area contributed by atoms with Crippen molar-refractivity contribution in [1.82, 2.24) is 19.8 Å². The maximum absolute atomic E-state index is 12.7. The molecule has 0 aromatic carbocycles.